The van der Waals surface area contributed by atoms with Crippen LogP contribution in [0.1, 0.15) is 66.1 Å². The summed E-state index contributed by atoms with van der Waals surface area (Å²) < 4.78 is 0. The van der Waals surface area contributed by atoms with Gasteiger partial charge in [0.2, 0.25) is 5.91 Å². The van der Waals surface area contributed by atoms with Crippen molar-refractivity contribution >= 4 is 22.5 Å². The summed E-state index contributed by atoms with van der Waals surface area (Å²) >= 11 is 0. The molecule has 2 aliphatic carbocycles. The quantitative estimate of drug-likeness (QED) is 0.363. The van der Waals surface area contributed by atoms with Gasteiger partial charge in [-0.3, -0.25) is 4.79 Å². The van der Waals surface area contributed by atoms with E-state index in [1.165, 1.54) is 30.2 Å². The van der Waals surface area contributed by atoms with Crippen LogP contribution in [0.25, 0.3) is 22.0 Å². The number of anilines is 1. The molecule has 1 amide bonds. The molecule has 4 aromatic rings. The molecule has 1 saturated carbocycles. The van der Waals surface area contributed by atoms with Crippen molar-refractivity contribution in [2.24, 2.45) is 0 Å². The van der Waals surface area contributed by atoms with Crippen LogP contribution in [0.2, 0.25) is 0 Å². The zero-order chi connectivity index (χ0) is 24.5. The number of hydrogen-bond donors (Lipinski definition) is 2. The molecule has 2 aliphatic rings. The first kappa shape index (κ1) is 22.9. The van der Waals surface area contributed by atoms with E-state index in [2.05, 4.69) is 41.7 Å². The van der Waals surface area contributed by atoms with E-state index in [9.17, 15) is 9.90 Å². The molecular weight excluding hydrogens is 446 g/mol. The zero-order valence-corrected chi connectivity index (χ0v) is 20.5. The van der Waals surface area contributed by atoms with Crippen molar-refractivity contribution in [2.75, 3.05) is 5.32 Å². The Balaban J connectivity index is 1.32. The lowest BCUT2D eigenvalue weighted by Crippen LogP contribution is -2.21. The minimum atomic E-state index is -0.0552. The van der Waals surface area contributed by atoms with Gasteiger partial charge in [-0.2, -0.15) is 0 Å². The topological polar surface area (TPSA) is 75.1 Å². The van der Waals surface area contributed by atoms with Crippen molar-refractivity contribution in [3.05, 3.63) is 88.7 Å². The first-order valence-corrected chi connectivity index (χ1v) is 13.1. The summed E-state index contributed by atoms with van der Waals surface area (Å²) in [7, 11) is 0. The van der Waals surface area contributed by atoms with Crippen molar-refractivity contribution in [1.29, 1.82) is 0 Å². The number of nitrogens with zero attached hydrogens (tertiary/aromatic N) is 2. The van der Waals surface area contributed by atoms with Gasteiger partial charge in [0.1, 0.15) is 0 Å². The fourth-order valence-electron chi connectivity index (χ4n) is 5.77. The van der Waals surface area contributed by atoms with Crippen LogP contribution in [-0.2, 0) is 30.7 Å². The van der Waals surface area contributed by atoms with Gasteiger partial charge in [0, 0.05) is 11.5 Å². The summed E-state index contributed by atoms with van der Waals surface area (Å²) in [5.41, 5.74) is 7.05. The molecule has 6 rings (SSSR count). The van der Waals surface area contributed by atoms with Gasteiger partial charge in [0.25, 0.3) is 0 Å². The molecule has 5 nitrogen and oxygen atoms in total. The van der Waals surface area contributed by atoms with Gasteiger partial charge in [0.05, 0.1) is 30.1 Å². The van der Waals surface area contributed by atoms with E-state index < -0.39 is 0 Å². The summed E-state index contributed by atoms with van der Waals surface area (Å²) in [4.78, 5) is 23.4. The highest BCUT2D eigenvalue weighted by Crippen LogP contribution is 2.39. The van der Waals surface area contributed by atoms with Gasteiger partial charge in [-0.25, -0.2) is 9.97 Å². The molecule has 3 aromatic carbocycles. The Morgan fingerprint density at radius 1 is 0.889 bits per heavy atom. The van der Waals surface area contributed by atoms with Gasteiger partial charge in [-0.1, -0.05) is 79.9 Å². The highest BCUT2D eigenvalue weighted by atomic mass is 16.3. The Morgan fingerprint density at radius 3 is 2.53 bits per heavy atom. The Hall–Kier alpha value is -3.57. The Bertz CT molecular complexity index is 1440. The predicted octanol–water partition coefficient (Wildman–Crippen LogP) is 6.12. The third-order valence-electron chi connectivity index (χ3n) is 7.66. The number of aromatic nitrogens is 2. The first-order valence-electron chi connectivity index (χ1n) is 13.1. The summed E-state index contributed by atoms with van der Waals surface area (Å²) in [6.45, 7) is 0.0430. The first-order chi connectivity index (χ1) is 17.7. The molecule has 0 radical (unpaired) electrons. The number of aryl methyl sites for hydroxylation is 2. The van der Waals surface area contributed by atoms with Crippen LogP contribution in [0, 0.1) is 0 Å². The second-order valence-electron chi connectivity index (χ2n) is 10.1. The van der Waals surface area contributed by atoms with Gasteiger partial charge in [-0.05, 0) is 53.1 Å². The fourth-order valence-corrected chi connectivity index (χ4v) is 5.77. The molecule has 1 aromatic heterocycles. The smallest absolute Gasteiger partial charge is 0.229 e. The van der Waals surface area contributed by atoms with Crippen molar-refractivity contribution < 1.29 is 9.90 Å². The van der Waals surface area contributed by atoms with E-state index in [-0.39, 0.29) is 12.5 Å². The van der Waals surface area contributed by atoms with Gasteiger partial charge in [0.15, 0.2) is 5.82 Å². The molecule has 0 atom stereocenters. The molecule has 5 heteroatoms. The lowest BCUT2D eigenvalue weighted by Gasteiger charge is -2.26. The average molecular weight is 478 g/mol. The van der Waals surface area contributed by atoms with Gasteiger partial charge < -0.3 is 10.4 Å². The maximum Gasteiger partial charge on any atom is 0.229 e. The number of aliphatic hydroxyl groups is 1. The fraction of sp³-hybridized carbons (Fsp3) is 0.323. The third-order valence-corrected chi connectivity index (χ3v) is 7.66. The molecule has 0 spiro atoms. The van der Waals surface area contributed by atoms with Crippen molar-refractivity contribution in [3.63, 3.8) is 0 Å². The van der Waals surface area contributed by atoms with E-state index in [1.807, 2.05) is 24.3 Å². The largest absolute Gasteiger partial charge is 0.392 e. The van der Waals surface area contributed by atoms with E-state index in [0.717, 1.165) is 64.8 Å². The minimum Gasteiger partial charge on any atom is -0.392 e. The molecule has 0 saturated heterocycles. The molecule has 0 bridgehead atoms. The molecule has 1 fully saturated rings. The number of carbonyl (C=O) groups is 1. The average Bonchev–Trinajstić information content (AvgIpc) is 2.92. The standard InChI is InChI=1S/C31H31N3O2/c35-19-21-11-14-26-25(17-21)13-15-27-30(26)34-29(23-7-2-1-3-8-23)31(32-27)33-28(36)18-20-10-12-22-6-4-5-9-24(22)16-20/h4-6,9-12,14,16-17,23,35H,1-3,7-8,13,15,18-19H2,(H,32,33,36). The molecule has 0 aliphatic heterocycles. The number of hydrogen-bond acceptors (Lipinski definition) is 4. The van der Waals surface area contributed by atoms with Crippen LogP contribution >= 0.6 is 0 Å². The number of carbonyl (C=O) groups excluding carboxylic acids is 1. The molecular formula is C31H31N3O2. The maximum absolute atomic E-state index is 13.2. The monoisotopic (exact) mass is 477 g/mol. The SMILES string of the molecule is O=C(Cc1ccc2ccccc2c1)Nc1nc2c(nc1C1CCCCC1)-c1ccc(CO)cc1CC2. The molecule has 0 unspecified atom stereocenters. The van der Waals surface area contributed by atoms with Crippen LogP contribution < -0.4 is 5.32 Å². The summed E-state index contributed by atoms with van der Waals surface area (Å²) in [6.07, 6.45) is 7.73. The van der Waals surface area contributed by atoms with Crippen LogP contribution in [-0.4, -0.2) is 21.0 Å². The summed E-state index contributed by atoms with van der Waals surface area (Å²) in [6, 6.07) is 20.5. The molecule has 2 N–H and O–H groups in total. The number of fused-ring (bicyclic) bond motifs is 4. The molecule has 1 heterocycles. The van der Waals surface area contributed by atoms with Gasteiger partial charge >= 0.3 is 0 Å². The lowest BCUT2D eigenvalue weighted by molar-refractivity contribution is -0.115. The van der Waals surface area contributed by atoms with E-state index in [1.54, 1.807) is 0 Å². The number of aliphatic hydroxyl groups excluding tert-OH is 1. The van der Waals surface area contributed by atoms with Crippen LogP contribution in [0.5, 0.6) is 0 Å². The second kappa shape index (κ2) is 9.82. The van der Waals surface area contributed by atoms with E-state index >= 15 is 0 Å². The van der Waals surface area contributed by atoms with Gasteiger partial charge in [-0.15, -0.1) is 0 Å². The minimum absolute atomic E-state index is 0.0430. The highest BCUT2D eigenvalue weighted by molar-refractivity contribution is 5.93. The lowest BCUT2D eigenvalue weighted by atomic mass is 9.85. The Labute approximate surface area is 211 Å². The number of benzene rings is 3. The molecule has 36 heavy (non-hydrogen) atoms. The Morgan fingerprint density at radius 2 is 1.69 bits per heavy atom. The van der Waals surface area contributed by atoms with Crippen LogP contribution in [0.15, 0.2) is 60.7 Å². The zero-order valence-electron chi connectivity index (χ0n) is 20.5. The maximum atomic E-state index is 13.2. The predicted molar refractivity (Wildman–Crippen MR) is 143 cm³/mol. The summed E-state index contributed by atoms with van der Waals surface area (Å²) in [5.74, 6) is 0.900. The number of nitrogens with one attached hydrogen (secondary N) is 1. The van der Waals surface area contributed by atoms with Crippen LogP contribution in [0.4, 0.5) is 5.82 Å². The number of amides is 1. The Kier molecular flexibility index (Phi) is 6.24. The van der Waals surface area contributed by atoms with Crippen molar-refractivity contribution in [2.45, 2.75) is 63.9 Å². The highest BCUT2D eigenvalue weighted by Gasteiger charge is 2.27. The number of rotatable bonds is 5. The summed E-state index contributed by atoms with van der Waals surface area (Å²) in [5, 5.41) is 15.0. The second-order valence-corrected chi connectivity index (χ2v) is 10.1. The van der Waals surface area contributed by atoms with Crippen molar-refractivity contribution in [1.82, 2.24) is 9.97 Å². The normalized spacial score (nSPS) is 15.4. The van der Waals surface area contributed by atoms with Crippen molar-refractivity contribution in [3.8, 4) is 11.3 Å². The molecule has 182 valence electrons. The van der Waals surface area contributed by atoms with E-state index in [4.69, 9.17) is 9.97 Å². The third kappa shape index (κ3) is 4.51. The van der Waals surface area contributed by atoms with E-state index in [0.29, 0.717) is 18.2 Å². The van der Waals surface area contributed by atoms with Crippen LogP contribution in [0.3, 0.4) is 0 Å².